The molecular formula is C26H26N4O3S2. The molecule has 1 saturated heterocycles. The van der Waals surface area contributed by atoms with E-state index in [1.54, 1.807) is 28.6 Å². The fourth-order valence-corrected chi connectivity index (χ4v) is 6.56. The first-order chi connectivity index (χ1) is 17.0. The van der Waals surface area contributed by atoms with Gasteiger partial charge in [-0.25, -0.2) is 13.4 Å². The molecule has 5 rings (SSSR count). The van der Waals surface area contributed by atoms with Gasteiger partial charge in [-0.05, 0) is 61.4 Å². The Labute approximate surface area is 209 Å². The zero-order valence-electron chi connectivity index (χ0n) is 19.1. The van der Waals surface area contributed by atoms with Gasteiger partial charge < -0.3 is 5.32 Å². The number of carbonyl (C=O) groups is 1. The molecule has 180 valence electrons. The number of rotatable bonds is 7. The third-order valence-corrected chi connectivity index (χ3v) is 8.82. The summed E-state index contributed by atoms with van der Waals surface area (Å²) < 4.78 is 29.2. The van der Waals surface area contributed by atoms with Crippen molar-refractivity contribution in [2.45, 2.75) is 29.3 Å². The Bertz CT molecular complexity index is 1430. The molecule has 1 aliphatic rings. The Morgan fingerprint density at radius 3 is 2.31 bits per heavy atom. The molecule has 0 aliphatic carbocycles. The van der Waals surface area contributed by atoms with Gasteiger partial charge in [-0.15, -0.1) is 0 Å². The van der Waals surface area contributed by atoms with Gasteiger partial charge in [0, 0.05) is 24.5 Å². The number of anilines is 1. The molecule has 35 heavy (non-hydrogen) atoms. The van der Waals surface area contributed by atoms with Gasteiger partial charge in [0.25, 0.3) is 0 Å². The lowest BCUT2D eigenvalue weighted by molar-refractivity contribution is -0.113. The molecule has 1 amide bonds. The highest BCUT2D eigenvalue weighted by Gasteiger charge is 2.25. The van der Waals surface area contributed by atoms with Crippen molar-refractivity contribution in [2.24, 2.45) is 0 Å². The summed E-state index contributed by atoms with van der Waals surface area (Å²) in [6.45, 7) is 1.12. The number of hydrogen-bond acceptors (Lipinski definition) is 5. The van der Waals surface area contributed by atoms with Crippen molar-refractivity contribution >= 4 is 44.4 Å². The van der Waals surface area contributed by atoms with Gasteiger partial charge in [0.15, 0.2) is 5.16 Å². The minimum atomic E-state index is -3.49. The predicted octanol–water partition coefficient (Wildman–Crippen LogP) is 4.93. The van der Waals surface area contributed by atoms with Crippen molar-refractivity contribution in [1.29, 1.82) is 0 Å². The number of nitrogens with zero attached hydrogens (tertiary/aromatic N) is 3. The molecule has 3 aromatic carbocycles. The van der Waals surface area contributed by atoms with E-state index in [1.165, 1.54) is 11.8 Å². The molecule has 0 spiro atoms. The van der Waals surface area contributed by atoms with Gasteiger partial charge in [0.1, 0.15) is 0 Å². The quantitative estimate of drug-likeness (QED) is 0.359. The van der Waals surface area contributed by atoms with Crippen LogP contribution < -0.4 is 5.32 Å². The molecule has 0 atom stereocenters. The minimum Gasteiger partial charge on any atom is -0.325 e. The van der Waals surface area contributed by atoms with Crippen molar-refractivity contribution in [3.05, 3.63) is 78.9 Å². The van der Waals surface area contributed by atoms with E-state index in [-0.39, 0.29) is 16.6 Å². The number of para-hydroxylation sites is 3. The maximum atomic E-state index is 12.8. The molecule has 0 radical (unpaired) electrons. The van der Waals surface area contributed by atoms with Crippen molar-refractivity contribution in [2.75, 3.05) is 24.2 Å². The summed E-state index contributed by atoms with van der Waals surface area (Å²) in [6.07, 6.45) is 2.85. The maximum absolute atomic E-state index is 12.8. The van der Waals surface area contributed by atoms with Crippen LogP contribution in [-0.4, -0.2) is 47.0 Å². The molecule has 1 aliphatic heterocycles. The van der Waals surface area contributed by atoms with E-state index < -0.39 is 10.0 Å². The number of sulfonamides is 1. The summed E-state index contributed by atoms with van der Waals surface area (Å²) in [4.78, 5) is 17.7. The first kappa shape index (κ1) is 23.6. The van der Waals surface area contributed by atoms with Crippen LogP contribution >= 0.6 is 11.8 Å². The van der Waals surface area contributed by atoms with E-state index in [1.807, 2.05) is 59.2 Å². The summed E-state index contributed by atoms with van der Waals surface area (Å²) >= 11 is 1.36. The smallest absolute Gasteiger partial charge is 0.243 e. The van der Waals surface area contributed by atoms with E-state index in [4.69, 9.17) is 4.98 Å². The zero-order chi connectivity index (χ0) is 24.3. The summed E-state index contributed by atoms with van der Waals surface area (Å²) in [6, 6.07) is 24.2. The van der Waals surface area contributed by atoms with Gasteiger partial charge in [-0.1, -0.05) is 48.5 Å². The molecule has 4 aromatic rings. The fourth-order valence-electron chi connectivity index (χ4n) is 4.22. The average Bonchev–Trinajstić information content (AvgIpc) is 3.27. The van der Waals surface area contributed by atoms with Gasteiger partial charge >= 0.3 is 0 Å². The number of hydrogen-bond donors (Lipinski definition) is 1. The van der Waals surface area contributed by atoms with Crippen LogP contribution in [0.2, 0.25) is 0 Å². The molecule has 1 fully saturated rings. The number of piperidine rings is 1. The third-order valence-electron chi connectivity index (χ3n) is 5.97. The Kier molecular flexibility index (Phi) is 6.90. The molecule has 0 bridgehead atoms. The first-order valence-electron chi connectivity index (χ1n) is 11.6. The first-order valence-corrected chi connectivity index (χ1v) is 14.0. The highest BCUT2D eigenvalue weighted by molar-refractivity contribution is 7.99. The highest BCUT2D eigenvalue weighted by Crippen LogP contribution is 2.28. The second-order valence-corrected chi connectivity index (χ2v) is 11.3. The topological polar surface area (TPSA) is 84.3 Å². The minimum absolute atomic E-state index is 0.171. The van der Waals surface area contributed by atoms with Crippen molar-refractivity contribution in [3.63, 3.8) is 0 Å². The lowest BCUT2D eigenvalue weighted by atomic mass is 10.2. The lowest BCUT2D eigenvalue weighted by Gasteiger charge is -2.25. The number of aromatic nitrogens is 2. The third kappa shape index (κ3) is 5.12. The normalized spacial score (nSPS) is 14.7. The summed E-state index contributed by atoms with van der Waals surface area (Å²) in [5.41, 5.74) is 3.39. The van der Waals surface area contributed by atoms with Crippen LogP contribution in [0.3, 0.4) is 0 Å². The van der Waals surface area contributed by atoms with Gasteiger partial charge in [-0.2, -0.15) is 4.31 Å². The maximum Gasteiger partial charge on any atom is 0.243 e. The Hall–Kier alpha value is -3.14. The van der Waals surface area contributed by atoms with Crippen LogP contribution in [0.4, 0.5) is 5.69 Å². The van der Waals surface area contributed by atoms with Crippen LogP contribution in [0.15, 0.2) is 88.9 Å². The molecule has 0 unspecified atom stereocenters. The highest BCUT2D eigenvalue weighted by atomic mass is 32.2. The summed E-state index contributed by atoms with van der Waals surface area (Å²) in [5, 5.41) is 3.59. The number of carbonyl (C=O) groups excluding carboxylic acids is 1. The Morgan fingerprint density at radius 2 is 1.57 bits per heavy atom. The van der Waals surface area contributed by atoms with Crippen LogP contribution in [0.25, 0.3) is 16.7 Å². The summed E-state index contributed by atoms with van der Waals surface area (Å²) in [5.74, 6) is -0.0161. The van der Waals surface area contributed by atoms with Gasteiger partial charge in [0.05, 0.1) is 21.7 Å². The van der Waals surface area contributed by atoms with Crippen molar-refractivity contribution < 1.29 is 13.2 Å². The van der Waals surface area contributed by atoms with Crippen molar-refractivity contribution in [1.82, 2.24) is 13.9 Å². The fraction of sp³-hybridized carbons (Fsp3) is 0.231. The monoisotopic (exact) mass is 506 g/mol. The number of nitrogens with one attached hydrogen (secondary N) is 1. The van der Waals surface area contributed by atoms with Crippen LogP contribution in [-0.2, 0) is 14.8 Å². The zero-order valence-corrected chi connectivity index (χ0v) is 20.8. The lowest BCUT2D eigenvalue weighted by Crippen LogP contribution is -2.35. The second-order valence-electron chi connectivity index (χ2n) is 8.38. The molecular weight excluding hydrogens is 480 g/mol. The average molecular weight is 507 g/mol. The summed E-state index contributed by atoms with van der Waals surface area (Å²) in [7, 11) is -3.49. The molecule has 2 heterocycles. The van der Waals surface area contributed by atoms with E-state index in [9.17, 15) is 13.2 Å². The van der Waals surface area contributed by atoms with Crippen LogP contribution in [0.1, 0.15) is 19.3 Å². The van der Waals surface area contributed by atoms with E-state index in [0.717, 1.165) is 41.1 Å². The molecule has 0 saturated carbocycles. The van der Waals surface area contributed by atoms with E-state index in [2.05, 4.69) is 5.32 Å². The second kappa shape index (κ2) is 10.2. The van der Waals surface area contributed by atoms with Crippen molar-refractivity contribution in [3.8, 4) is 5.69 Å². The predicted molar refractivity (Wildman–Crippen MR) is 139 cm³/mol. The largest absolute Gasteiger partial charge is 0.325 e. The SMILES string of the molecule is O=C(CSc1nc2ccccc2n1-c1ccccc1)Nc1ccc(S(=O)(=O)N2CCCCC2)cc1. The van der Waals surface area contributed by atoms with Crippen LogP contribution in [0.5, 0.6) is 0 Å². The molecule has 1 aromatic heterocycles. The number of fused-ring (bicyclic) bond motifs is 1. The Balaban J connectivity index is 1.27. The van der Waals surface area contributed by atoms with Crippen LogP contribution in [0, 0.1) is 0 Å². The molecule has 7 nitrogen and oxygen atoms in total. The number of imidazole rings is 1. The Morgan fingerprint density at radius 1 is 0.886 bits per heavy atom. The van der Waals surface area contributed by atoms with E-state index >= 15 is 0 Å². The molecule has 9 heteroatoms. The van der Waals surface area contributed by atoms with Gasteiger partial charge in [0.2, 0.25) is 15.9 Å². The standard InChI is InChI=1S/C26H26N4O3S2/c31-25(27-20-13-15-22(16-14-20)35(32,33)29-17-7-2-8-18-29)19-34-26-28-23-11-5-6-12-24(23)30(26)21-9-3-1-4-10-21/h1,3-6,9-16H,2,7-8,17-19H2,(H,27,31). The number of amides is 1. The number of thioether (sulfide) groups is 1. The molecule has 1 N–H and O–H groups in total. The van der Waals surface area contributed by atoms with Gasteiger partial charge in [-0.3, -0.25) is 9.36 Å². The van der Waals surface area contributed by atoms with E-state index in [0.29, 0.717) is 18.8 Å². The number of benzene rings is 3.